The lowest BCUT2D eigenvalue weighted by molar-refractivity contribution is -0.143. The number of aliphatic hydroxyl groups is 1. The van der Waals surface area contributed by atoms with Gasteiger partial charge in [0.2, 0.25) is 118 Å². The molecule has 0 radical (unpaired) electrons. The number of primary amides is 3. The maximum absolute atomic E-state index is 15.1. The average Bonchev–Trinajstić information content (AvgIpc) is 1.81. The molecule has 784 valence electrons. The molecular formula is C95H137N27O22. The Labute approximate surface area is 832 Å². The third-order valence-corrected chi connectivity index (χ3v) is 24.1. The highest BCUT2D eigenvalue weighted by molar-refractivity contribution is 6.02. The highest BCUT2D eigenvalue weighted by atomic mass is 16.3. The summed E-state index contributed by atoms with van der Waals surface area (Å²) >= 11 is 0. The van der Waals surface area contributed by atoms with Crippen molar-refractivity contribution in [1.29, 1.82) is 10.8 Å². The Hall–Kier alpha value is -15.5. The van der Waals surface area contributed by atoms with Gasteiger partial charge in [-0.15, -0.1) is 0 Å². The number of nitrogens with zero attached hydrogens (tertiary/aromatic N) is 3. The van der Waals surface area contributed by atoms with Gasteiger partial charge in [-0.1, -0.05) is 131 Å². The number of amides is 20. The van der Waals surface area contributed by atoms with Gasteiger partial charge in [-0.05, 0) is 137 Å². The number of hydrogen-bond acceptors (Lipinski definition) is 25. The molecule has 4 aromatic carbocycles. The van der Waals surface area contributed by atoms with E-state index in [4.69, 9.17) is 45.2 Å². The smallest absolute Gasteiger partial charge is 0.245 e. The molecule has 3 fully saturated rings. The number of carbonyl (C=O) groups excluding carboxylic acids is 20. The van der Waals surface area contributed by atoms with Crippen molar-refractivity contribution in [2.24, 2.45) is 46.2 Å². The molecule has 3 heterocycles. The lowest BCUT2D eigenvalue weighted by atomic mass is 9.99. The molecule has 15 atom stereocenters. The number of phenols is 1. The van der Waals surface area contributed by atoms with Crippen molar-refractivity contribution in [3.8, 4) is 5.75 Å². The van der Waals surface area contributed by atoms with Gasteiger partial charge in [0.1, 0.15) is 90.3 Å². The Morgan fingerprint density at radius 2 is 0.785 bits per heavy atom. The maximum atomic E-state index is 15.1. The largest absolute Gasteiger partial charge is 0.508 e. The van der Waals surface area contributed by atoms with Crippen LogP contribution in [0.5, 0.6) is 5.75 Å². The van der Waals surface area contributed by atoms with Crippen LogP contribution in [-0.4, -0.2) is 305 Å². The Kier molecular flexibility index (Phi) is 46.6. The van der Waals surface area contributed by atoms with E-state index in [2.05, 4.69) is 85.1 Å². The van der Waals surface area contributed by atoms with Crippen LogP contribution in [0.4, 0.5) is 0 Å². The summed E-state index contributed by atoms with van der Waals surface area (Å²) in [4.78, 5) is 280. The molecule has 3 aliphatic rings. The number of nitrogens with two attached hydrogens (primary N) is 6. The monoisotopic (exact) mass is 2010 g/mol. The second-order valence-corrected chi connectivity index (χ2v) is 36.3. The van der Waals surface area contributed by atoms with Crippen molar-refractivity contribution in [3.05, 3.63) is 138 Å². The Balaban J connectivity index is 0.961. The van der Waals surface area contributed by atoms with E-state index >= 15 is 19.2 Å². The normalized spacial score (nSPS) is 16.7. The topological polar surface area (TPSA) is 788 Å². The fourth-order valence-corrected chi connectivity index (χ4v) is 16.5. The standard InChI is InChI=1S/C95H137N27O22/c1-52(2)42-65(84(135)116-67(45-56-22-11-7-12-23-56)86(137)113-63(27-16-38-105-95(102)103)93(144)122-41-19-30-72(122)88(139)112-61(26-15-37-104-94(100)101)83(134)114-64(79(99)130)47-74(98)126)115-87(138)68(46-57-24-13-8-14-25-57)117-85(136)66(44-55-20-9-6-10-21-55)110-76(128)49-106-75(127)48-107-82(133)69(51-123)118-89(140)71-29-18-40-121(71)92(143)54(5)109-91(142)78(53(3)4)119-90(141)70-28-17-39-120(70)77(129)50-108-81(132)62(35-36-73(97)125)111-80(131)60(96)43-58-31-33-59(124)34-32-58/h6-14,20-25,31-34,52-54,60-72,78,123-124H,15-19,26-30,35-51,96H2,1-5H3,(H2,97,125)(H2,98,126)(H2,99,130)(H,106,127)(H,107,133)(H,108,132)(H,109,142)(H,110,128)(H,111,131)(H,112,139)(H,113,137)(H,114,134)(H,115,138)(H,116,135)(H,117,136)(H,118,140)(H,119,141)(H4,100,101,104)(H4,102,103,105)/t54-,60-,61-,62-,63-,64-,65-,66-,67-,68-,69-,70-,71-,72-,78-/m0/s1. The van der Waals surface area contributed by atoms with E-state index in [-0.39, 0.29) is 153 Å². The van der Waals surface area contributed by atoms with E-state index in [1.54, 1.807) is 131 Å². The average molecular weight is 2010 g/mol. The van der Waals surface area contributed by atoms with Crippen molar-refractivity contribution in [2.45, 2.75) is 241 Å². The number of likely N-dealkylation sites (tertiary alicyclic amines) is 3. The van der Waals surface area contributed by atoms with Gasteiger partial charge in [-0.3, -0.25) is 107 Å². The second-order valence-electron chi connectivity index (χ2n) is 36.3. The Morgan fingerprint density at radius 3 is 1.26 bits per heavy atom. The minimum atomic E-state index is -1.70. The summed E-state index contributed by atoms with van der Waals surface area (Å²) < 4.78 is 0. The van der Waals surface area contributed by atoms with Crippen molar-refractivity contribution in [1.82, 2.24) is 99.8 Å². The molecular weight excluding hydrogens is 1870 g/mol. The predicted octanol–water partition coefficient (Wildman–Crippen LogP) is -7.49. The van der Waals surface area contributed by atoms with Gasteiger partial charge in [0.15, 0.2) is 11.9 Å². The fraction of sp³-hybridized carbons (Fsp3) is 0.516. The molecule has 0 bridgehead atoms. The summed E-state index contributed by atoms with van der Waals surface area (Å²) in [6, 6.07) is 10.5. The molecule has 49 nitrogen and oxygen atoms in total. The lowest BCUT2D eigenvalue weighted by Gasteiger charge is -2.31. The lowest BCUT2D eigenvalue weighted by Crippen LogP contribution is -2.61. The quantitative estimate of drug-likeness (QED) is 0.0111. The zero-order valence-corrected chi connectivity index (χ0v) is 81.2. The molecule has 0 spiro atoms. The minimum absolute atomic E-state index is 0.00548. The van der Waals surface area contributed by atoms with Crippen LogP contribution in [0, 0.1) is 22.7 Å². The van der Waals surface area contributed by atoms with Gasteiger partial charge >= 0.3 is 0 Å². The van der Waals surface area contributed by atoms with Crippen LogP contribution in [0.1, 0.15) is 147 Å². The number of nitrogens with one attached hydrogen (secondary N) is 18. The van der Waals surface area contributed by atoms with Crippen LogP contribution in [0.15, 0.2) is 115 Å². The van der Waals surface area contributed by atoms with Gasteiger partial charge in [-0.25, -0.2) is 0 Å². The highest BCUT2D eigenvalue weighted by Gasteiger charge is 2.44. The fourth-order valence-electron chi connectivity index (χ4n) is 16.5. The molecule has 0 aromatic heterocycles. The molecule has 7 rings (SSSR count). The molecule has 4 aromatic rings. The van der Waals surface area contributed by atoms with E-state index in [9.17, 15) is 86.9 Å². The summed E-state index contributed by atoms with van der Waals surface area (Å²) in [6.07, 6.45) is -0.615. The summed E-state index contributed by atoms with van der Waals surface area (Å²) in [6.45, 7) is 5.04. The van der Waals surface area contributed by atoms with Crippen LogP contribution in [0.2, 0.25) is 0 Å². The Morgan fingerprint density at radius 1 is 0.382 bits per heavy atom. The van der Waals surface area contributed by atoms with E-state index < -0.39 is 253 Å². The second kappa shape index (κ2) is 58.1. The summed E-state index contributed by atoms with van der Waals surface area (Å²) in [5.74, 6) is -19.0. The van der Waals surface area contributed by atoms with E-state index in [1.807, 2.05) is 0 Å². The van der Waals surface area contributed by atoms with Crippen LogP contribution in [0.3, 0.4) is 0 Å². The Bertz CT molecular complexity index is 5160. The van der Waals surface area contributed by atoms with Crippen molar-refractivity contribution in [2.75, 3.05) is 59.0 Å². The number of aromatic hydroxyl groups is 1. The van der Waals surface area contributed by atoms with Crippen LogP contribution < -0.4 is 119 Å². The van der Waals surface area contributed by atoms with Crippen LogP contribution in [0.25, 0.3) is 0 Å². The van der Waals surface area contributed by atoms with Gasteiger partial charge in [0, 0.05) is 58.4 Å². The van der Waals surface area contributed by atoms with Gasteiger partial charge in [0.25, 0.3) is 0 Å². The first kappa shape index (κ1) is 116. The predicted molar refractivity (Wildman–Crippen MR) is 521 cm³/mol. The SMILES string of the molecule is CC(C)C[C@H](NC(=O)[C@H](Cc1ccccc1)NC(=O)[C@H](Cc1ccccc1)NC(=O)CNC(=O)CNC(=O)[C@H](CO)NC(=O)[C@@H]1CCCN1C(=O)[C@H](C)NC(=O)[C@@H](NC(=O)[C@@H]1CCCN1C(=O)CNC(=O)[C@H](CCC(N)=O)NC(=O)[C@@H](N)Cc1ccc(O)cc1)C(C)C)C(=O)N[C@@H](Cc1ccccc1)C(=O)N[C@@H](CCCNC(=N)N)C(=O)N1CCC[C@H]1C(=O)N[C@@H](CCCNC(=N)N)C(=O)N[C@@H](CC(N)=O)C(N)=O. The molecule has 0 aliphatic carbocycles. The molecule has 3 saturated heterocycles. The first-order valence-electron chi connectivity index (χ1n) is 47.7. The van der Waals surface area contributed by atoms with E-state index in [1.165, 1.54) is 33.8 Å². The summed E-state index contributed by atoms with van der Waals surface area (Å²) in [7, 11) is 0. The van der Waals surface area contributed by atoms with Crippen molar-refractivity contribution >= 4 is 130 Å². The van der Waals surface area contributed by atoms with Gasteiger partial charge in [0.05, 0.1) is 38.7 Å². The van der Waals surface area contributed by atoms with Gasteiger partial charge < -0.3 is 144 Å². The zero-order chi connectivity index (χ0) is 106. The molecule has 32 N–H and O–H groups in total. The number of rotatable bonds is 57. The number of carbonyl (C=O) groups is 20. The number of aliphatic hydroxyl groups excluding tert-OH is 1. The molecule has 0 unspecified atom stereocenters. The molecule has 0 saturated carbocycles. The third-order valence-electron chi connectivity index (χ3n) is 24.1. The first-order chi connectivity index (χ1) is 68.4. The van der Waals surface area contributed by atoms with E-state index in [0.29, 0.717) is 28.7 Å². The van der Waals surface area contributed by atoms with Gasteiger partial charge in [-0.2, -0.15) is 0 Å². The number of benzene rings is 4. The van der Waals surface area contributed by atoms with Crippen LogP contribution >= 0.6 is 0 Å². The maximum Gasteiger partial charge on any atom is 0.245 e. The highest BCUT2D eigenvalue weighted by Crippen LogP contribution is 2.25. The number of phenolic OH excluding ortho intramolecular Hbond substituents is 1. The van der Waals surface area contributed by atoms with Crippen molar-refractivity contribution in [3.63, 3.8) is 0 Å². The number of guanidine groups is 2. The molecule has 3 aliphatic heterocycles. The summed E-state index contributed by atoms with van der Waals surface area (Å²) in [5, 5.41) is 76.5. The molecule has 49 heteroatoms. The van der Waals surface area contributed by atoms with Crippen LogP contribution in [-0.2, 0) is 122 Å². The first-order valence-corrected chi connectivity index (χ1v) is 47.7. The molecule has 144 heavy (non-hydrogen) atoms. The van der Waals surface area contributed by atoms with Crippen molar-refractivity contribution < 1.29 is 106 Å². The third kappa shape index (κ3) is 38.2. The molecule has 20 amide bonds. The van der Waals surface area contributed by atoms with E-state index in [0.717, 1.165) is 0 Å². The zero-order valence-electron chi connectivity index (χ0n) is 81.2. The summed E-state index contributed by atoms with van der Waals surface area (Å²) in [5.41, 5.74) is 35.5. The number of hydrogen-bond donors (Lipinski definition) is 26. The minimum Gasteiger partial charge on any atom is -0.508 e.